The monoisotopic (exact) mass is 395 g/mol. The van der Waals surface area contributed by atoms with Gasteiger partial charge in [-0.15, -0.1) is 0 Å². The molecule has 5 heteroatoms. The van der Waals surface area contributed by atoms with Gasteiger partial charge < -0.3 is 4.74 Å². The van der Waals surface area contributed by atoms with Gasteiger partial charge in [-0.05, 0) is 63.8 Å². The van der Waals surface area contributed by atoms with Crippen molar-refractivity contribution in [1.82, 2.24) is 9.88 Å². The second-order valence-corrected chi connectivity index (χ2v) is 8.70. The number of likely N-dealkylation sites (tertiary alicyclic amines) is 1. The van der Waals surface area contributed by atoms with Crippen LogP contribution in [0.2, 0.25) is 0 Å². The highest BCUT2D eigenvalue weighted by Crippen LogP contribution is 2.33. The molecule has 2 aromatic rings. The maximum absolute atomic E-state index is 12.6. The lowest BCUT2D eigenvalue weighted by atomic mass is 10.1. The maximum Gasteiger partial charge on any atom is 0.416 e. The van der Waals surface area contributed by atoms with E-state index in [1.165, 1.54) is 17.5 Å². The molecule has 1 atom stereocenters. The summed E-state index contributed by atoms with van der Waals surface area (Å²) in [6.45, 7) is 10.3. The van der Waals surface area contributed by atoms with Gasteiger partial charge in [-0.1, -0.05) is 43.3 Å². The lowest BCUT2D eigenvalue weighted by molar-refractivity contribution is 0.0579. The molecule has 2 heterocycles. The maximum atomic E-state index is 12.6. The van der Waals surface area contributed by atoms with Crippen LogP contribution >= 0.6 is 0 Å². The zero-order valence-corrected chi connectivity index (χ0v) is 18.1. The van der Waals surface area contributed by atoms with Crippen LogP contribution in [0.25, 0.3) is 0 Å². The number of aromatic nitrogens is 1. The minimum Gasteiger partial charge on any atom is -0.443 e. The van der Waals surface area contributed by atoms with Crippen LogP contribution in [-0.4, -0.2) is 34.7 Å². The molecule has 1 saturated heterocycles. The van der Waals surface area contributed by atoms with Crippen molar-refractivity contribution in [3.8, 4) is 0 Å². The molecule has 0 saturated carbocycles. The molecule has 1 fully saturated rings. The Kier molecular flexibility index (Phi) is 6.91. The zero-order valence-electron chi connectivity index (χ0n) is 18.1. The smallest absolute Gasteiger partial charge is 0.416 e. The molecule has 0 spiro atoms. The zero-order chi connectivity index (χ0) is 20.9. The molecule has 0 N–H and O–H groups in total. The van der Waals surface area contributed by atoms with Crippen LogP contribution in [0.4, 0.5) is 10.6 Å². The standard InChI is InChI=1S/C24H33N3O2/c1-5-15-27(23(28)29-24(2,3)4)22-14-13-20(17-25-22)21-12-9-16-26(21)18-19-10-7-6-8-11-19/h6-8,10-11,13-14,17,21H,5,9,12,15-16,18H2,1-4H3. The van der Waals surface area contributed by atoms with E-state index in [2.05, 4.69) is 46.3 Å². The Balaban J connectivity index is 1.73. The van der Waals surface area contributed by atoms with Crippen molar-refractivity contribution in [2.24, 2.45) is 0 Å². The van der Waals surface area contributed by atoms with E-state index in [0.717, 1.165) is 25.9 Å². The quantitative estimate of drug-likeness (QED) is 0.641. The van der Waals surface area contributed by atoms with E-state index in [0.29, 0.717) is 18.4 Å². The molecule has 1 aromatic carbocycles. The molecule has 5 nitrogen and oxygen atoms in total. The lowest BCUT2D eigenvalue weighted by Gasteiger charge is -2.27. The third kappa shape index (κ3) is 5.80. The van der Waals surface area contributed by atoms with Crippen LogP contribution in [0.1, 0.15) is 64.1 Å². The number of carbonyl (C=O) groups is 1. The molecule has 1 amide bonds. The average Bonchev–Trinajstić information content (AvgIpc) is 3.14. The fraction of sp³-hybridized carbons (Fsp3) is 0.500. The summed E-state index contributed by atoms with van der Waals surface area (Å²) in [7, 11) is 0. The third-order valence-corrected chi connectivity index (χ3v) is 5.09. The molecular weight excluding hydrogens is 362 g/mol. The van der Waals surface area contributed by atoms with Crippen LogP contribution in [0.5, 0.6) is 0 Å². The van der Waals surface area contributed by atoms with Crippen molar-refractivity contribution in [3.63, 3.8) is 0 Å². The van der Waals surface area contributed by atoms with E-state index >= 15 is 0 Å². The number of carbonyl (C=O) groups excluding carboxylic acids is 1. The van der Waals surface area contributed by atoms with Crippen LogP contribution in [0.3, 0.4) is 0 Å². The van der Waals surface area contributed by atoms with Gasteiger partial charge in [0, 0.05) is 25.3 Å². The van der Waals surface area contributed by atoms with Gasteiger partial charge in [-0.25, -0.2) is 9.78 Å². The van der Waals surface area contributed by atoms with Gasteiger partial charge in [0.05, 0.1) is 0 Å². The average molecular weight is 396 g/mol. The SMILES string of the molecule is CCCN(C(=O)OC(C)(C)C)c1ccc(C2CCCN2Cc2ccccc2)cn1. The summed E-state index contributed by atoms with van der Waals surface area (Å²) in [5, 5.41) is 0. The van der Waals surface area contributed by atoms with Gasteiger partial charge >= 0.3 is 6.09 Å². The first-order valence-electron chi connectivity index (χ1n) is 10.6. The largest absolute Gasteiger partial charge is 0.443 e. The summed E-state index contributed by atoms with van der Waals surface area (Å²) in [6, 6.07) is 15.0. The summed E-state index contributed by atoms with van der Waals surface area (Å²) >= 11 is 0. The van der Waals surface area contributed by atoms with E-state index in [-0.39, 0.29) is 6.09 Å². The molecule has 29 heavy (non-hydrogen) atoms. The number of hydrogen-bond donors (Lipinski definition) is 0. The first-order chi connectivity index (χ1) is 13.9. The van der Waals surface area contributed by atoms with E-state index in [9.17, 15) is 4.79 Å². The van der Waals surface area contributed by atoms with E-state index < -0.39 is 5.60 Å². The summed E-state index contributed by atoms with van der Waals surface area (Å²) in [5.74, 6) is 0.650. The predicted octanol–water partition coefficient (Wildman–Crippen LogP) is 5.57. The summed E-state index contributed by atoms with van der Waals surface area (Å²) in [6.07, 6.45) is 4.76. The van der Waals surface area contributed by atoms with Gasteiger partial charge in [0.25, 0.3) is 0 Å². The van der Waals surface area contributed by atoms with Gasteiger partial charge in [0.1, 0.15) is 11.4 Å². The predicted molar refractivity (Wildman–Crippen MR) is 117 cm³/mol. The highest BCUT2D eigenvalue weighted by atomic mass is 16.6. The summed E-state index contributed by atoms with van der Waals surface area (Å²) < 4.78 is 5.56. The van der Waals surface area contributed by atoms with Crippen molar-refractivity contribution in [2.45, 2.75) is 65.1 Å². The van der Waals surface area contributed by atoms with Gasteiger partial charge in [0.15, 0.2) is 0 Å². The van der Waals surface area contributed by atoms with Crippen molar-refractivity contribution >= 4 is 11.9 Å². The van der Waals surface area contributed by atoms with Crippen LogP contribution < -0.4 is 4.90 Å². The first kappa shape index (κ1) is 21.3. The van der Waals surface area contributed by atoms with Gasteiger partial charge in [-0.3, -0.25) is 9.80 Å². The molecular formula is C24H33N3O2. The number of anilines is 1. The normalized spacial score (nSPS) is 17.3. The minimum atomic E-state index is -0.523. The topological polar surface area (TPSA) is 45.7 Å². The molecule has 0 bridgehead atoms. The third-order valence-electron chi connectivity index (χ3n) is 5.09. The molecule has 156 valence electrons. The molecule has 1 aromatic heterocycles. The summed E-state index contributed by atoms with van der Waals surface area (Å²) in [4.78, 5) is 21.4. The van der Waals surface area contributed by atoms with Crippen LogP contribution in [0.15, 0.2) is 48.7 Å². The Bertz CT molecular complexity index is 784. The highest BCUT2D eigenvalue weighted by Gasteiger charge is 2.27. The Morgan fingerprint density at radius 1 is 1.21 bits per heavy atom. The number of nitrogens with zero attached hydrogens (tertiary/aromatic N) is 3. The van der Waals surface area contributed by atoms with Crippen LogP contribution in [-0.2, 0) is 11.3 Å². The Morgan fingerprint density at radius 2 is 1.97 bits per heavy atom. The molecule has 0 aliphatic carbocycles. The van der Waals surface area contributed by atoms with E-state index in [4.69, 9.17) is 4.74 Å². The highest BCUT2D eigenvalue weighted by molar-refractivity contribution is 5.86. The molecule has 3 rings (SSSR count). The molecule has 1 unspecified atom stereocenters. The number of benzene rings is 1. The van der Waals surface area contributed by atoms with Crippen molar-refractivity contribution < 1.29 is 9.53 Å². The Labute approximate surface area is 174 Å². The molecule has 1 aliphatic rings. The first-order valence-corrected chi connectivity index (χ1v) is 10.6. The Morgan fingerprint density at radius 3 is 2.59 bits per heavy atom. The fourth-order valence-electron chi connectivity index (χ4n) is 3.81. The Hall–Kier alpha value is -2.40. The second kappa shape index (κ2) is 9.40. The number of hydrogen-bond acceptors (Lipinski definition) is 4. The van der Waals surface area contributed by atoms with Gasteiger partial charge in [0.2, 0.25) is 0 Å². The summed E-state index contributed by atoms with van der Waals surface area (Å²) in [5.41, 5.74) is 2.02. The molecule has 0 radical (unpaired) electrons. The number of pyridine rings is 1. The van der Waals surface area contributed by atoms with E-state index in [1.54, 1.807) is 4.90 Å². The van der Waals surface area contributed by atoms with Crippen molar-refractivity contribution in [3.05, 3.63) is 59.8 Å². The van der Waals surface area contributed by atoms with E-state index in [1.807, 2.05) is 40.0 Å². The second-order valence-electron chi connectivity index (χ2n) is 8.70. The minimum absolute atomic E-state index is 0.342. The van der Waals surface area contributed by atoms with Crippen LogP contribution in [0, 0.1) is 0 Å². The van der Waals surface area contributed by atoms with Crippen molar-refractivity contribution in [2.75, 3.05) is 18.0 Å². The number of amides is 1. The number of ether oxygens (including phenoxy) is 1. The fourth-order valence-corrected chi connectivity index (χ4v) is 3.81. The molecule has 1 aliphatic heterocycles. The lowest BCUT2D eigenvalue weighted by Crippen LogP contribution is -2.37. The van der Waals surface area contributed by atoms with Crippen molar-refractivity contribution in [1.29, 1.82) is 0 Å². The van der Waals surface area contributed by atoms with Gasteiger partial charge in [-0.2, -0.15) is 0 Å². The number of rotatable bonds is 6.